The zero-order valence-electron chi connectivity index (χ0n) is 13.5. The van der Waals surface area contributed by atoms with Gasteiger partial charge in [0.15, 0.2) is 0 Å². The lowest BCUT2D eigenvalue weighted by molar-refractivity contribution is 0.636. The SMILES string of the molecule is CCc1ccc(C#Cc2ccc3cc(CC)ccc3c2F)cc1. The van der Waals surface area contributed by atoms with Gasteiger partial charge in [-0.05, 0) is 47.6 Å². The summed E-state index contributed by atoms with van der Waals surface area (Å²) in [5.41, 5.74) is 3.84. The largest absolute Gasteiger partial charge is 0.205 e. The van der Waals surface area contributed by atoms with Crippen LogP contribution < -0.4 is 0 Å². The quantitative estimate of drug-likeness (QED) is 0.548. The first-order valence-corrected chi connectivity index (χ1v) is 8.03. The van der Waals surface area contributed by atoms with Gasteiger partial charge in [-0.2, -0.15) is 0 Å². The van der Waals surface area contributed by atoms with E-state index in [0.29, 0.717) is 10.9 Å². The predicted molar refractivity (Wildman–Crippen MR) is 95.1 cm³/mol. The molecule has 0 saturated carbocycles. The number of fused-ring (bicyclic) bond motifs is 1. The van der Waals surface area contributed by atoms with E-state index >= 15 is 0 Å². The molecule has 3 aromatic carbocycles. The molecule has 0 unspecified atom stereocenters. The maximum atomic E-state index is 14.6. The predicted octanol–water partition coefficient (Wildman–Crippen LogP) is 5.50. The van der Waals surface area contributed by atoms with Crippen molar-refractivity contribution in [3.05, 3.63) is 82.7 Å². The molecule has 3 aromatic rings. The van der Waals surface area contributed by atoms with Crippen LogP contribution in [-0.2, 0) is 12.8 Å². The fraction of sp³-hybridized carbons (Fsp3) is 0.182. The summed E-state index contributed by atoms with van der Waals surface area (Å²) in [7, 11) is 0. The van der Waals surface area contributed by atoms with Gasteiger partial charge in [0.25, 0.3) is 0 Å². The second-order valence-electron chi connectivity index (χ2n) is 5.64. The molecule has 0 amide bonds. The minimum absolute atomic E-state index is 0.233. The molecule has 1 heteroatoms. The molecule has 0 radical (unpaired) electrons. The van der Waals surface area contributed by atoms with Crippen molar-refractivity contribution >= 4 is 10.8 Å². The summed E-state index contributed by atoms with van der Waals surface area (Å²) in [5.74, 6) is 5.78. The molecule has 0 spiro atoms. The zero-order chi connectivity index (χ0) is 16.2. The van der Waals surface area contributed by atoms with Gasteiger partial charge in [0.1, 0.15) is 5.82 Å². The normalized spacial score (nSPS) is 10.4. The molecule has 0 nitrogen and oxygen atoms in total. The Bertz CT molecular complexity index is 893. The first kappa shape index (κ1) is 15.3. The lowest BCUT2D eigenvalue weighted by Gasteiger charge is -2.04. The number of benzene rings is 3. The van der Waals surface area contributed by atoms with Crippen LogP contribution in [0.25, 0.3) is 10.8 Å². The highest BCUT2D eigenvalue weighted by atomic mass is 19.1. The molecule has 0 atom stereocenters. The third-order valence-corrected chi connectivity index (χ3v) is 4.13. The molecular weight excluding hydrogens is 283 g/mol. The Morgan fingerprint density at radius 1 is 0.783 bits per heavy atom. The molecule has 0 fully saturated rings. The number of hydrogen-bond donors (Lipinski definition) is 0. The number of rotatable bonds is 2. The van der Waals surface area contributed by atoms with Crippen LogP contribution in [0.15, 0.2) is 54.6 Å². The second-order valence-corrected chi connectivity index (χ2v) is 5.64. The summed E-state index contributed by atoms with van der Waals surface area (Å²) in [6, 6.07) is 17.7. The van der Waals surface area contributed by atoms with Crippen LogP contribution >= 0.6 is 0 Å². The molecule has 0 aliphatic heterocycles. The van der Waals surface area contributed by atoms with Crippen molar-refractivity contribution in [2.75, 3.05) is 0 Å². The first-order valence-electron chi connectivity index (χ1n) is 8.03. The van der Waals surface area contributed by atoms with E-state index in [2.05, 4.69) is 37.8 Å². The lowest BCUT2D eigenvalue weighted by atomic mass is 10.0. The molecule has 0 aliphatic carbocycles. The average Bonchev–Trinajstić information content (AvgIpc) is 2.61. The number of aryl methyl sites for hydroxylation is 2. The summed E-state index contributed by atoms with van der Waals surface area (Å²) in [4.78, 5) is 0. The molecule has 3 rings (SSSR count). The van der Waals surface area contributed by atoms with Crippen LogP contribution in [-0.4, -0.2) is 0 Å². The third-order valence-electron chi connectivity index (χ3n) is 4.13. The summed E-state index contributed by atoms with van der Waals surface area (Å²) in [5, 5.41) is 1.56. The smallest absolute Gasteiger partial charge is 0.146 e. The second kappa shape index (κ2) is 6.67. The highest BCUT2D eigenvalue weighted by Crippen LogP contribution is 2.22. The van der Waals surface area contributed by atoms with Crippen LogP contribution in [0.4, 0.5) is 4.39 Å². The van der Waals surface area contributed by atoms with Gasteiger partial charge >= 0.3 is 0 Å². The first-order chi connectivity index (χ1) is 11.2. The maximum Gasteiger partial charge on any atom is 0.146 e. The summed E-state index contributed by atoms with van der Waals surface area (Å²) < 4.78 is 14.6. The van der Waals surface area contributed by atoms with Crippen LogP contribution in [0.3, 0.4) is 0 Å². The monoisotopic (exact) mass is 302 g/mol. The summed E-state index contributed by atoms with van der Waals surface area (Å²) in [6.07, 6.45) is 1.96. The van der Waals surface area contributed by atoms with Gasteiger partial charge in [0.2, 0.25) is 0 Å². The van der Waals surface area contributed by atoms with Crippen molar-refractivity contribution in [3.8, 4) is 11.8 Å². The van der Waals surface area contributed by atoms with Crippen LogP contribution in [0.5, 0.6) is 0 Å². The van der Waals surface area contributed by atoms with E-state index in [1.54, 1.807) is 6.07 Å². The van der Waals surface area contributed by atoms with Crippen LogP contribution in [0, 0.1) is 17.7 Å². The van der Waals surface area contributed by atoms with Crippen LogP contribution in [0.1, 0.15) is 36.1 Å². The Hall–Kier alpha value is -2.59. The third kappa shape index (κ3) is 3.27. The van der Waals surface area contributed by atoms with Crippen molar-refractivity contribution in [1.29, 1.82) is 0 Å². The van der Waals surface area contributed by atoms with E-state index < -0.39 is 0 Å². The fourth-order valence-corrected chi connectivity index (χ4v) is 2.62. The maximum absolute atomic E-state index is 14.6. The van der Waals surface area contributed by atoms with E-state index in [1.807, 2.05) is 36.4 Å². The van der Waals surface area contributed by atoms with Crippen molar-refractivity contribution < 1.29 is 4.39 Å². The summed E-state index contributed by atoms with van der Waals surface area (Å²) >= 11 is 0. The summed E-state index contributed by atoms with van der Waals surface area (Å²) in [6.45, 7) is 4.22. The molecule has 0 saturated heterocycles. The van der Waals surface area contributed by atoms with Gasteiger partial charge in [-0.15, -0.1) is 0 Å². The van der Waals surface area contributed by atoms with E-state index in [-0.39, 0.29) is 5.82 Å². The van der Waals surface area contributed by atoms with E-state index in [4.69, 9.17) is 0 Å². The standard InChI is InChI=1S/C22H19F/c1-3-16-5-7-18(8-6-16)9-11-19-12-13-20-15-17(4-2)10-14-21(20)22(19)23/h5-8,10,12-15H,3-4H2,1-2H3. The Kier molecular flexibility index (Phi) is 4.44. The fourth-order valence-electron chi connectivity index (χ4n) is 2.62. The Morgan fingerprint density at radius 2 is 1.48 bits per heavy atom. The molecular formula is C22H19F. The Morgan fingerprint density at radius 3 is 2.17 bits per heavy atom. The Balaban J connectivity index is 1.97. The zero-order valence-corrected chi connectivity index (χ0v) is 13.5. The van der Waals surface area contributed by atoms with E-state index in [1.165, 1.54) is 11.1 Å². The minimum Gasteiger partial charge on any atom is -0.205 e. The number of hydrogen-bond acceptors (Lipinski definition) is 0. The number of halogens is 1. The van der Waals surface area contributed by atoms with Crippen molar-refractivity contribution in [2.45, 2.75) is 26.7 Å². The molecule has 0 aliphatic rings. The van der Waals surface area contributed by atoms with Gasteiger partial charge in [0, 0.05) is 10.9 Å². The molecule has 0 bridgehead atoms. The molecule has 0 heterocycles. The molecule has 23 heavy (non-hydrogen) atoms. The van der Waals surface area contributed by atoms with Crippen molar-refractivity contribution in [1.82, 2.24) is 0 Å². The minimum atomic E-state index is -0.233. The Labute approximate surface area is 137 Å². The molecule has 0 N–H and O–H groups in total. The van der Waals surface area contributed by atoms with Gasteiger partial charge in [-0.3, -0.25) is 0 Å². The van der Waals surface area contributed by atoms with Gasteiger partial charge < -0.3 is 0 Å². The average molecular weight is 302 g/mol. The highest BCUT2D eigenvalue weighted by molar-refractivity contribution is 5.85. The van der Waals surface area contributed by atoms with Gasteiger partial charge in [-0.1, -0.05) is 62.1 Å². The van der Waals surface area contributed by atoms with E-state index in [0.717, 1.165) is 23.8 Å². The van der Waals surface area contributed by atoms with E-state index in [9.17, 15) is 4.39 Å². The van der Waals surface area contributed by atoms with Gasteiger partial charge in [0.05, 0.1) is 5.56 Å². The van der Waals surface area contributed by atoms with Crippen LogP contribution in [0.2, 0.25) is 0 Å². The molecule has 114 valence electrons. The van der Waals surface area contributed by atoms with Gasteiger partial charge in [-0.25, -0.2) is 4.39 Å². The highest BCUT2D eigenvalue weighted by Gasteiger charge is 2.06. The van der Waals surface area contributed by atoms with Crippen molar-refractivity contribution in [3.63, 3.8) is 0 Å². The lowest BCUT2D eigenvalue weighted by Crippen LogP contribution is -1.88. The van der Waals surface area contributed by atoms with Crippen molar-refractivity contribution in [2.24, 2.45) is 0 Å². The molecule has 0 aromatic heterocycles. The topological polar surface area (TPSA) is 0 Å².